The lowest BCUT2D eigenvalue weighted by molar-refractivity contribution is -0.122. The SMILES string of the molecule is COc1ccc(S(=O)(=O)NC2CC2)cc1NC(=O)C1CC(=O)N(c2ccc3c(c2)CCC3)C1. The number of carbonyl (C=O) groups is 2. The van der Waals surface area contributed by atoms with Crippen molar-refractivity contribution in [3.63, 3.8) is 0 Å². The van der Waals surface area contributed by atoms with Gasteiger partial charge >= 0.3 is 0 Å². The number of fused-ring (bicyclic) bond motifs is 1. The number of carbonyl (C=O) groups excluding carboxylic acids is 2. The lowest BCUT2D eigenvalue weighted by Crippen LogP contribution is -2.28. The minimum absolute atomic E-state index is 0.0233. The smallest absolute Gasteiger partial charge is 0.240 e. The van der Waals surface area contributed by atoms with Gasteiger partial charge in [0.25, 0.3) is 0 Å². The van der Waals surface area contributed by atoms with Gasteiger partial charge in [-0.15, -0.1) is 0 Å². The normalized spacial score (nSPS) is 20.1. The molecular weight excluding hydrogens is 442 g/mol. The first-order valence-electron chi connectivity index (χ1n) is 11.3. The summed E-state index contributed by atoms with van der Waals surface area (Å²) in [6.07, 6.45) is 4.98. The number of benzene rings is 2. The van der Waals surface area contributed by atoms with Crippen LogP contribution in [0.2, 0.25) is 0 Å². The monoisotopic (exact) mass is 469 g/mol. The van der Waals surface area contributed by atoms with Crippen molar-refractivity contribution in [3.8, 4) is 5.75 Å². The molecule has 1 aliphatic heterocycles. The minimum atomic E-state index is -3.68. The van der Waals surface area contributed by atoms with E-state index < -0.39 is 15.9 Å². The number of aryl methyl sites for hydroxylation is 2. The lowest BCUT2D eigenvalue weighted by atomic mass is 10.1. The number of ether oxygens (including phenoxy) is 1. The molecule has 0 aromatic heterocycles. The van der Waals surface area contributed by atoms with Crippen LogP contribution in [0.25, 0.3) is 0 Å². The minimum Gasteiger partial charge on any atom is -0.495 e. The number of nitrogens with one attached hydrogen (secondary N) is 2. The molecule has 33 heavy (non-hydrogen) atoms. The van der Waals surface area contributed by atoms with Gasteiger partial charge in [-0.2, -0.15) is 0 Å². The van der Waals surface area contributed by atoms with Crippen LogP contribution in [0.15, 0.2) is 41.3 Å². The maximum Gasteiger partial charge on any atom is 0.240 e. The van der Waals surface area contributed by atoms with Crippen molar-refractivity contribution in [2.75, 3.05) is 23.9 Å². The Labute approximate surface area is 193 Å². The van der Waals surface area contributed by atoms with Gasteiger partial charge in [0.2, 0.25) is 21.8 Å². The average Bonchev–Trinajstić information content (AvgIpc) is 3.31. The highest BCUT2D eigenvalue weighted by molar-refractivity contribution is 7.89. The molecule has 174 valence electrons. The summed E-state index contributed by atoms with van der Waals surface area (Å²) in [6.45, 7) is 0.285. The molecule has 8 nitrogen and oxygen atoms in total. The van der Waals surface area contributed by atoms with E-state index in [1.807, 2.05) is 6.07 Å². The van der Waals surface area contributed by atoms with Crippen LogP contribution < -0.4 is 19.7 Å². The number of rotatable bonds is 7. The molecule has 2 amide bonds. The van der Waals surface area contributed by atoms with E-state index in [0.29, 0.717) is 5.75 Å². The Balaban J connectivity index is 1.32. The molecule has 2 N–H and O–H groups in total. The van der Waals surface area contributed by atoms with Crippen LogP contribution >= 0.6 is 0 Å². The van der Waals surface area contributed by atoms with Crippen molar-refractivity contribution in [2.24, 2.45) is 5.92 Å². The molecule has 2 aliphatic carbocycles. The van der Waals surface area contributed by atoms with Crippen LogP contribution in [-0.2, 0) is 32.5 Å². The summed E-state index contributed by atoms with van der Waals surface area (Å²) in [5.74, 6) is -0.617. The predicted octanol–water partition coefficient (Wildman–Crippen LogP) is 2.62. The first kappa shape index (κ1) is 21.9. The number of nitrogens with zero attached hydrogens (tertiary/aromatic N) is 1. The molecule has 2 aromatic rings. The van der Waals surface area contributed by atoms with Crippen molar-refractivity contribution in [1.29, 1.82) is 0 Å². The maximum atomic E-state index is 13.0. The Morgan fingerprint density at radius 3 is 2.64 bits per heavy atom. The van der Waals surface area contributed by atoms with E-state index in [-0.39, 0.29) is 41.4 Å². The van der Waals surface area contributed by atoms with Gasteiger partial charge in [-0.3, -0.25) is 9.59 Å². The number of hydrogen-bond donors (Lipinski definition) is 2. The fourth-order valence-corrected chi connectivity index (χ4v) is 5.87. The number of anilines is 2. The Bertz CT molecular complexity index is 1220. The second-order valence-corrected chi connectivity index (χ2v) is 10.7. The zero-order valence-electron chi connectivity index (χ0n) is 18.5. The van der Waals surface area contributed by atoms with E-state index in [9.17, 15) is 18.0 Å². The molecule has 5 rings (SSSR count). The molecule has 9 heteroatoms. The number of amides is 2. The van der Waals surface area contributed by atoms with E-state index in [1.54, 1.807) is 4.90 Å². The van der Waals surface area contributed by atoms with Crippen LogP contribution in [0, 0.1) is 5.92 Å². The largest absolute Gasteiger partial charge is 0.495 e. The average molecular weight is 470 g/mol. The maximum absolute atomic E-state index is 13.0. The first-order chi connectivity index (χ1) is 15.8. The van der Waals surface area contributed by atoms with Gasteiger partial charge in [0, 0.05) is 24.7 Å². The molecule has 2 fully saturated rings. The third kappa shape index (κ3) is 4.47. The van der Waals surface area contributed by atoms with Crippen LogP contribution in [0.4, 0.5) is 11.4 Å². The second-order valence-electron chi connectivity index (χ2n) is 8.96. The van der Waals surface area contributed by atoms with Gasteiger partial charge in [-0.25, -0.2) is 13.1 Å². The Morgan fingerprint density at radius 1 is 1.09 bits per heavy atom. The summed E-state index contributed by atoms with van der Waals surface area (Å²) >= 11 is 0. The third-order valence-electron chi connectivity index (χ3n) is 6.53. The van der Waals surface area contributed by atoms with E-state index >= 15 is 0 Å². The van der Waals surface area contributed by atoms with E-state index in [1.165, 1.54) is 36.4 Å². The highest BCUT2D eigenvalue weighted by Gasteiger charge is 2.36. The first-order valence-corrected chi connectivity index (χ1v) is 12.8. The van der Waals surface area contributed by atoms with Crippen LogP contribution in [0.5, 0.6) is 5.75 Å². The quantitative estimate of drug-likeness (QED) is 0.649. The Morgan fingerprint density at radius 2 is 1.88 bits per heavy atom. The standard InChI is InChI=1S/C24H27N3O5S/c1-32-22-10-9-20(33(30,31)26-18-6-7-18)13-21(22)25-24(29)17-12-23(28)27(14-17)19-8-5-15-3-2-4-16(15)11-19/h5,8-11,13,17-18,26H,2-4,6-7,12,14H2,1H3,(H,25,29). The van der Waals surface area contributed by atoms with E-state index in [4.69, 9.17) is 4.74 Å². The fourth-order valence-electron chi connectivity index (χ4n) is 4.53. The second kappa shape index (κ2) is 8.46. The highest BCUT2D eigenvalue weighted by atomic mass is 32.2. The van der Waals surface area contributed by atoms with Crippen LogP contribution in [0.3, 0.4) is 0 Å². The van der Waals surface area contributed by atoms with Gasteiger partial charge in [-0.05, 0) is 73.6 Å². The molecular formula is C24H27N3O5S. The molecule has 3 aliphatic rings. The lowest BCUT2D eigenvalue weighted by Gasteiger charge is -2.18. The zero-order chi connectivity index (χ0) is 23.2. The molecule has 1 saturated carbocycles. The fraction of sp³-hybridized carbons (Fsp3) is 0.417. The number of sulfonamides is 1. The molecule has 1 heterocycles. The zero-order valence-corrected chi connectivity index (χ0v) is 19.3. The van der Waals surface area contributed by atoms with Crippen LogP contribution in [-0.4, -0.2) is 39.9 Å². The van der Waals surface area contributed by atoms with Crippen molar-refractivity contribution in [3.05, 3.63) is 47.5 Å². The topological polar surface area (TPSA) is 105 Å². The summed E-state index contributed by atoms with van der Waals surface area (Å²) < 4.78 is 33.1. The molecule has 0 radical (unpaired) electrons. The highest BCUT2D eigenvalue weighted by Crippen LogP contribution is 2.33. The van der Waals surface area contributed by atoms with Crippen molar-refractivity contribution in [1.82, 2.24) is 4.72 Å². The molecule has 1 unspecified atom stereocenters. The van der Waals surface area contributed by atoms with Gasteiger partial charge in [-0.1, -0.05) is 6.07 Å². The molecule has 1 atom stereocenters. The van der Waals surface area contributed by atoms with Gasteiger partial charge < -0.3 is 15.0 Å². The molecule has 2 aromatic carbocycles. The Hall–Kier alpha value is -2.91. The van der Waals surface area contributed by atoms with Crippen molar-refractivity contribution in [2.45, 2.75) is 49.5 Å². The summed E-state index contributed by atoms with van der Waals surface area (Å²) in [4.78, 5) is 27.5. The Kier molecular flexibility index (Phi) is 5.62. The summed E-state index contributed by atoms with van der Waals surface area (Å²) in [7, 11) is -2.22. The molecule has 0 bridgehead atoms. The molecule has 0 spiro atoms. The van der Waals surface area contributed by atoms with Gasteiger partial charge in [0.15, 0.2) is 0 Å². The van der Waals surface area contributed by atoms with E-state index in [0.717, 1.165) is 37.8 Å². The van der Waals surface area contributed by atoms with Crippen LogP contribution in [0.1, 0.15) is 36.8 Å². The summed E-state index contributed by atoms with van der Waals surface area (Å²) in [5.41, 5.74) is 3.70. The van der Waals surface area contributed by atoms with Crippen molar-refractivity contribution >= 4 is 33.2 Å². The third-order valence-corrected chi connectivity index (χ3v) is 8.05. The molecule has 1 saturated heterocycles. The summed E-state index contributed by atoms with van der Waals surface area (Å²) in [5, 5.41) is 2.78. The number of methoxy groups -OCH3 is 1. The van der Waals surface area contributed by atoms with Crippen molar-refractivity contribution < 1.29 is 22.7 Å². The summed E-state index contributed by atoms with van der Waals surface area (Å²) in [6, 6.07) is 10.4. The van der Waals surface area contributed by atoms with E-state index in [2.05, 4.69) is 22.2 Å². The van der Waals surface area contributed by atoms with Gasteiger partial charge in [0.1, 0.15) is 5.75 Å². The predicted molar refractivity (Wildman–Crippen MR) is 124 cm³/mol. The van der Waals surface area contributed by atoms with Gasteiger partial charge in [0.05, 0.1) is 23.6 Å². The number of hydrogen-bond acceptors (Lipinski definition) is 5.